The molecule has 2 nitrogen and oxygen atoms in total. The molecule has 1 unspecified atom stereocenters. The van der Waals surface area contributed by atoms with Gasteiger partial charge in [-0.05, 0) is 17.9 Å². The minimum Gasteiger partial charge on any atom is -0.390 e. The van der Waals surface area contributed by atoms with Crippen molar-refractivity contribution in [2.45, 2.75) is 59.3 Å². The van der Waals surface area contributed by atoms with E-state index >= 15 is 0 Å². The number of fused-ring (bicyclic) bond motifs is 1. The Balaban J connectivity index is 2.63. The topological polar surface area (TPSA) is 43.1 Å². The Labute approximate surface area is 114 Å². The summed E-state index contributed by atoms with van der Waals surface area (Å²) in [4.78, 5) is 13.9. The summed E-state index contributed by atoms with van der Waals surface area (Å²) in [6.07, 6.45) is 1.11. The van der Waals surface area contributed by atoms with Gasteiger partial charge in [-0.25, -0.2) is 0 Å². The zero-order valence-corrected chi connectivity index (χ0v) is 13.0. The molecule has 0 aromatic carbocycles. The highest BCUT2D eigenvalue weighted by Gasteiger charge is 2.42. The van der Waals surface area contributed by atoms with Crippen LogP contribution in [0, 0.1) is 5.41 Å². The lowest BCUT2D eigenvalue weighted by Gasteiger charge is -2.19. The summed E-state index contributed by atoms with van der Waals surface area (Å²) >= 11 is 1.62. The van der Waals surface area contributed by atoms with Crippen LogP contribution >= 0.6 is 11.3 Å². The van der Waals surface area contributed by atoms with Gasteiger partial charge in [-0.1, -0.05) is 41.5 Å². The molecule has 2 N–H and O–H groups in total. The molecule has 0 spiro atoms. The fourth-order valence-electron chi connectivity index (χ4n) is 3.00. The molecule has 100 valence electrons. The van der Waals surface area contributed by atoms with E-state index in [1.807, 2.05) is 20.8 Å². The number of ketones is 1. The number of thiophene rings is 1. The first-order valence-electron chi connectivity index (χ1n) is 6.53. The van der Waals surface area contributed by atoms with Gasteiger partial charge in [0.1, 0.15) is 0 Å². The number of Topliss-reactive ketones (excluding diaryl/α,β-unsaturated/α-hetero) is 1. The quantitative estimate of drug-likeness (QED) is 0.767. The average molecular weight is 265 g/mol. The van der Waals surface area contributed by atoms with Crippen LogP contribution in [-0.4, -0.2) is 5.78 Å². The highest BCUT2D eigenvalue weighted by atomic mass is 32.1. The average Bonchev–Trinajstić information content (AvgIpc) is 2.61. The zero-order valence-electron chi connectivity index (χ0n) is 12.2. The monoisotopic (exact) mass is 265 g/mol. The van der Waals surface area contributed by atoms with Gasteiger partial charge in [0, 0.05) is 15.7 Å². The molecule has 1 heterocycles. The predicted molar refractivity (Wildman–Crippen MR) is 78.6 cm³/mol. The lowest BCUT2D eigenvalue weighted by atomic mass is 9.84. The smallest absolute Gasteiger partial charge is 0.171 e. The van der Waals surface area contributed by atoms with Gasteiger partial charge in [-0.15, -0.1) is 11.3 Å². The molecule has 0 radical (unpaired) electrons. The van der Waals surface area contributed by atoms with Crippen molar-refractivity contribution in [1.29, 1.82) is 0 Å². The highest BCUT2D eigenvalue weighted by molar-refractivity contribution is 7.16. The minimum absolute atomic E-state index is 0.157. The van der Waals surface area contributed by atoms with Crippen molar-refractivity contribution >= 4 is 22.1 Å². The van der Waals surface area contributed by atoms with E-state index in [1.54, 1.807) is 11.3 Å². The molecule has 18 heavy (non-hydrogen) atoms. The number of anilines is 1. The first kappa shape index (κ1) is 13.6. The van der Waals surface area contributed by atoms with Gasteiger partial charge in [0.15, 0.2) is 5.78 Å². The zero-order chi connectivity index (χ0) is 13.9. The van der Waals surface area contributed by atoms with Crippen molar-refractivity contribution in [2.75, 3.05) is 5.73 Å². The van der Waals surface area contributed by atoms with Crippen LogP contribution in [-0.2, 0) is 5.41 Å². The van der Waals surface area contributed by atoms with Crippen molar-refractivity contribution in [3.8, 4) is 0 Å². The van der Waals surface area contributed by atoms with Gasteiger partial charge in [0.25, 0.3) is 0 Å². The number of rotatable bonds is 1. The maximum Gasteiger partial charge on any atom is 0.171 e. The van der Waals surface area contributed by atoms with Crippen LogP contribution in [0.5, 0.6) is 0 Å². The summed E-state index contributed by atoms with van der Waals surface area (Å²) in [7, 11) is 0. The van der Waals surface area contributed by atoms with E-state index in [0.717, 1.165) is 12.0 Å². The number of nitrogen functional groups attached to an aromatic ring is 1. The van der Waals surface area contributed by atoms with Crippen LogP contribution in [0.25, 0.3) is 0 Å². The molecule has 1 aliphatic rings. The standard InChI is InChI=1S/C15H23NOS/c1-8-7-15(5,6)12-9(8)10(13(16)18-12)11(17)14(2,3)4/h8H,7,16H2,1-6H3. The summed E-state index contributed by atoms with van der Waals surface area (Å²) in [6, 6.07) is 0. The van der Waals surface area contributed by atoms with Crippen LogP contribution in [0.1, 0.15) is 74.7 Å². The van der Waals surface area contributed by atoms with Crippen LogP contribution in [0.4, 0.5) is 5.00 Å². The molecule has 1 aromatic heterocycles. The van der Waals surface area contributed by atoms with E-state index in [-0.39, 0.29) is 16.6 Å². The second-order valence-corrected chi connectivity index (χ2v) is 8.20. The lowest BCUT2D eigenvalue weighted by molar-refractivity contribution is 0.0858. The van der Waals surface area contributed by atoms with Crippen molar-refractivity contribution in [2.24, 2.45) is 5.41 Å². The van der Waals surface area contributed by atoms with Crippen molar-refractivity contribution in [3.63, 3.8) is 0 Å². The summed E-state index contributed by atoms with van der Waals surface area (Å²) in [5.41, 5.74) is 7.95. The highest BCUT2D eigenvalue weighted by Crippen LogP contribution is 2.53. The molecule has 0 fully saturated rings. The van der Waals surface area contributed by atoms with Crippen molar-refractivity contribution in [1.82, 2.24) is 0 Å². The van der Waals surface area contributed by atoms with E-state index in [0.29, 0.717) is 10.9 Å². The number of nitrogens with two attached hydrogens (primary N) is 1. The fraction of sp³-hybridized carbons (Fsp3) is 0.667. The maximum absolute atomic E-state index is 12.6. The molecule has 0 saturated carbocycles. The van der Waals surface area contributed by atoms with E-state index in [4.69, 9.17) is 5.73 Å². The van der Waals surface area contributed by atoms with Crippen molar-refractivity contribution in [3.05, 3.63) is 16.0 Å². The summed E-state index contributed by atoms with van der Waals surface area (Å²) in [6.45, 7) is 12.6. The number of hydrogen-bond donors (Lipinski definition) is 1. The molecule has 1 aliphatic carbocycles. The molecule has 0 amide bonds. The Kier molecular flexibility index (Phi) is 2.89. The summed E-state index contributed by atoms with van der Waals surface area (Å²) in [5.74, 6) is 0.618. The SMILES string of the molecule is CC1CC(C)(C)c2sc(N)c(C(=O)C(C)(C)C)c21. The van der Waals surface area contributed by atoms with Gasteiger partial charge < -0.3 is 5.73 Å². The van der Waals surface area contributed by atoms with Crippen molar-refractivity contribution < 1.29 is 4.79 Å². The Morgan fingerprint density at radius 3 is 2.44 bits per heavy atom. The normalized spacial score (nSPS) is 22.0. The van der Waals surface area contributed by atoms with Crippen LogP contribution in [0.2, 0.25) is 0 Å². The first-order chi connectivity index (χ1) is 8.05. The van der Waals surface area contributed by atoms with Gasteiger partial charge in [0.05, 0.1) is 10.6 Å². The Morgan fingerprint density at radius 2 is 1.94 bits per heavy atom. The van der Waals surface area contributed by atoms with Gasteiger partial charge in [0.2, 0.25) is 0 Å². The fourth-order valence-corrected chi connectivity index (χ4v) is 4.30. The molecule has 0 bridgehead atoms. The maximum atomic E-state index is 12.6. The van der Waals surface area contributed by atoms with Crippen LogP contribution in [0.15, 0.2) is 0 Å². The molecule has 0 aliphatic heterocycles. The molecule has 2 rings (SSSR count). The van der Waals surface area contributed by atoms with Gasteiger partial charge in [-0.2, -0.15) is 0 Å². The summed E-state index contributed by atoms with van der Waals surface area (Å²) < 4.78 is 0. The predicted octanol–water partition coefficient (Wildman–Crippen LogP) is 4.34. The van der Waals surface area contributed by atoms with E-state index in [9.17, 15) is 4.79 Å². The number of carbonyl (C=O) groups is 1. The second-order valence-electron chi connectivity index (χ2n) is 7.15. The molecule has 0 saturated heterocycles. The Hall–Kier alpha value is -0.830. The third-order valence-corrected chi connectivity index (χ3v) is 5.21. The first-order valence-corrected chi connectivity index (χ1v) is 7.35. The lowest BCUT2D eigenvalue weighted by Crippen LogP contribution is -2.22. The summed E-state index contributed by atoms with van der Waals surface area (Å²) in [5, 5.41) is 0.708. The third kappa shape index (κ3) is 1.89. The molecular formula is C15H23NOS. The Morgan fingerprint density at radius 1 is 1.39 bits per heavy atom. The van der Waals surface area contributed by atoms with E-state index in [1.165, 1.54) is 10.4 Å². The van der Waals surface area contributed by atoms with Gasteiger partial charge in [-0.3, -0.25) is 4.79 Å². The van der Waals surface area contributed by atoms with E-state index < -0.39 is 0 Å². The molecular weight excluding hydrogens is 242 g/mol. The van der Waals surface area contributed by atoms with Gasteiger partial charge >= 0.3 is 0 Å². The molecule has 1 atom stereocenters. The third-order valence-electron chi connectivity index (χ3n) is 3.80. The number of hydrogen-bond acceptors (Lipinski definition) is 3. The Bertz CT molecular complexity index is 505. The molecule has 1 aromatic rings. The second kappa shape index (κ2) is 3.83. The number of carbonyl (C=O) groups excluding carboxylic acids is 1. The largest absolute Gasteiger partial charge is 0.390 e. The minimum atomic E-state index is -0.366. The van der Waals surface area contributed by atoms with E-state index in [2.05, 4.69) is 20.8 Å². The van der Waals surface area contributed by atoms with Crippen LogP contribution in [0.3, 0.4) is 0 Å². The molecule has 3 heteroatoms. The van der Waals surface area contributed by atoms with Crippen LogP contribution < -0.4 is 5.73 Å².